The molecule has 0 aromatic heterocycles. The predicted molar refractivity (Wildman–Crippen MR) is 86.7 cm³/mol. The van der Waals surface area contributed by atoms with E-state index in [1.54, 1.807) is 5.57 Å². The maximum Gasteiger partial charge on any atom is 0.0464 e. The summed E-state index contributed by atoms with van der Waals surface area (Å²) in [5.74, 6) is 0. The van der Waals surface area contributed by atoms with Gasteiger partial charge in [0, 0.05) is 15.5 Å². The van der Waals surface area contributed by atoms with Crippen molar-refractivity contribution in [1.82, 2.24) is 5.32 Å². The SMILES string of the molecule is CC(NCCC1=CCCCC1)c1ccc(Br)cc1Cl. The molecule has 0 fully saturated rings. The highest BCUT2D eigenvalue weighted by atomic mass is 79.9. The first kappa shape index (κ1) is 15.1. The number of benzene rings is 1. The van der Waals surface area contributed by atoms with Gasteiger partial charge in [0.1, 0.15) is 0 Å². The van der Waals surface area contributed by atoms with Crippen molar-refractivity contribution < 1.29 is 0 Å². The zero-order valence-electron chi connectivity index (χ0n) is 11.4. The van der Waals surface area contributed by atoms with Gasteiger partial charge in [0.2, 0.25) is 0 Å². The maximum absolute atomic E-state index is 6.27. The Morgan fingerprint density at radius 3 is 2.89 bits per heavy atom. The van der Waals surface area contributed by atoms with Crippen LogP contribution in [0.1, 0.15) is 50.6 Å². The van der Waals surface area contributed by atoms with Crippen LogP contribution in [0, 0.1) is 0 Å². The van der Waals surface area contributed by atoms with Gasteiger partial charge in [0.05, 0.1) is 0 Å². The molecule has 3 heteroatoms. The van der Waals surface area contributed by atoms with E-state index in [4.69, 9.17) is 11.6 Å². The van der Waals surface area contributed by atoms with Crippen molar-refractivity contribution in [3.05, 3.63) is 44.9 Å². The Kier molecular flexibility index (Phi) is 5.93. The van der Waals surface area contributed by atoms with Crippen LogP contribution in [0.5, 0.6) is 0 Å². The molecular formula is C16H21BrClN. The third-order valence-corrected chi connectivity index (χ3v) is 4.53. The zero-order chi connectivity index (χ0) is 13.7. The number of hydrogen-bond acceptors (Lipinski definition) is 1. The minimum absolute atomic E-state index is 0.296. The topological polar surface area (TPSA) is 12.0 Å². The molecule has 0 spiro atoms. The van der Waals surface area contributed by atoms with Gasteiger partial charge in [0.25, 0.3) is 0 Å². The second-order valence-electron chi connectivity index (χ2n) is 5.20. The standard InChI is InChI=1S/C16H21BrClN/c1-12(15-8-7-14(17)11-16(15)18)19-10-9-13-5-3-2-4-6-13/h5,7-8,11-12,19H,2-4,6,9-10H2,1H3. The van der Waals surface area contributed by atoms with Gasteiger partial charge in [-0.25, -0.2) is 0 Å². The summed E-state index contributed by atoms with van der Waals surface area (Å²) in [6.45, 7) is 3.20. The fourth-order valence-corrected chi connectivity index (χ4v) is 3.38. The minimum atomic E-state index is 0.296. The summed E-state index contributed by atoms with van der Waals surface area (Å²) >= 11 is 9.71. The largest absolute Gasteiger partial charge is 0.310 e. The molecule has 1 aromatic rings. The molecule has 0 amide bonds. The van der Waals surface area contributed by atoms with Crippen molar-refractivity contribution in [1.29, 1.82) is 0 Å². The first-order valence-corrected chi connectivity index (χ1v) is 8.20. The third kappa shape index (κ3) is 4.62. The van der Waals surface area contributed by atoms with Crippen LogP contribution in [0.15, 0.2) is 34.3 Å². The van der Waals surface area contributed by atoms with E-state index < -0.39 is 0 Å². The summed E-state index contributed by atoms with van der Waals surface area (Å²) < 4.78 is 1.03. The molecule has 2 rings (SSSR count). The monoisotopic (exact) mass is 341 g/mol. The highest BCUT2D eigenvalue weighted by Crippen LogP contribution is 2.26. The Hall–Kier alpha value is -0.310. The van der Waals surface area contributed by atoms with Crippen LogP contribution in [0.2, 0.25) is 5.02 Å². The van der Waals surface area contributed by atoms with Crippen molar-refractivity contribution in [2.24, 2.45) is 0 Å². The molecule has 1 aliphatic carbocycles. The summed E-state index contributed by atoms with van der Waals surface area (Å²) in [5.41, 5.74) is 2.79. The van der Waals surface area contributed by atoms with Crippen LogP contribution < -0.4 is 5.32 Å². The average Bonchev–Trinajstić information content (AvgIpc) is 2.39. The number of nitrogens with one attached hydrogen (secondary N) is 1. The second kappa shape index (κ2) is 7.47. The molecule has 0 saturated heterocycles. The Labute approximate surface area is 129 Å². The van der Waals surface area contributed by atoms with Gasteiger partial charge in [0.15, 0.2) is 0 Å². The lowest BCUT2D eigenvalue weighted by atomic mass is 9.97. The van der Waals surface area contributed by atoms with E-state index in [2.05, 4.69) is 40.3 Å². The third-order valence-electron chi connectivity index (χ3n) is 3.71. The molecule has 0 bridgehead atoms. The summed E-state index contributed by atoms with van der Waals surface area (Å²) in [6.07, 6.45) is 8.86. The van der Waals surface area contributed by atoms with Gasteiger partial charge in [-0.3, -0.25) is 0 Å². The molecule has 1 N–H and O–H groups in total. The molecule has 19 heavy (non-hydrogen) atoms. The molecule has 1 atom stereocenters. The van der Waals surface area contributed by atoms with Gasteiger partial charge >= 0.3 is 0 Å². The summed E-state index contributed by atoms with van der Waals surface area (Å²) in [7, 11) is 0. The first-order chi connectivity index (χ1) is 9.16. The smallest absolute Gasteiger partial charge is 0.0464 e. The zero-order valence-corrected chi connectivity index (χ0v) is 13.7. The van der Waals surface area contributed by atoms with Crippen molar-refractivity contribution in [2.45, 2.75) is 45.1 Å². The van der Waals surface area contributed by atoms with Crippen molar-refractivity contribution in [3.63, 3.8) is 0 Å². The van der Waals surface area contributed by atoms with Crippen LogP contribution in [0.25, 0.3) is 0 Å². The molecule has 0 saturated carbocycles. The van der Waals surface area contributed by atoms with E-state index in [0.29, 0.717) is 6.04 Å². The van der Waals surface area contributed by atoms with Crippen LogP contribution >= 0.6 is 27.5 Å². The maximum atomic E-state index is 6.27. The highest BCUT2D eigenvalue weighted by Gasteiger charge is 2.10. The van der Waals surface area contributed by atoms with E-state index in [9.17, 15) is 0 Å². The van der Waals surface area contributed by atoms with E-state index in [-0.39, 0.29) is 0 Å². The summed E-state index contributed by atoms with van der Waals surface area (Å²) in [5, 5.41) is 4.39. The fraction of sp³-hybridized carbons (Fsp3) is 0.500. The Morgan fingerprint density at radius 1 is 1.37 bits per heavy atom. The molecule has 104 valence electrons. The summed E-state index contributed by atoms with van der Waals surface area (Å²) in [4.78, 5) is 0. The van der Waals surface area contributed by atoms with E-state index in [1.165, 1.54) is 37.7 Å². The number of halogens is 2. The molecular weight excluding hydrogens is 322 g/mol. The molecule has 0 aliphatic heterocycles. The second-order valence-corrected chi connectivity index (χ2v) is 6.52. The van der Waals surface area contributed by atoms with E-state index in [1.807, 2.05) is 12.1 Å². The average molecular weight is 343 g/mol. The number of allylic oxidation sites excluding steroid dienone is 1. The van der Waals surface area contributed by atoms with Gasteiger partial charge in [-0.1, -0.05) is 45.2 Å². The first-order valence-electron chi connectivity index (χ1n) is 7.03. The van der Waals surface area contributed by atoms with Gasteiger partial charge in [-0.15, -0.1) is 0 Å². The van der Waals surface area contributed by atoms with Crippen LogP contribution in [0.3, 0.4) is 0 Å². The fourth-order valence-electron chi connectivity index (χ4n) is 2.54. The minimum Gasteiger partial charge on any atom is -0.310 e. The van der Waals surface area contributed by atoms with Crippen LogP contribution in [-0.4, -0.2) is 6.54 Å². The molecule has 0 radical (unpaired) electrons. The molecule has 1 nitrogen and oxygen atoms in total. The Morgan fingerprint density at radius 2 is 2.21 bits per heavy atom. The lowest BCUT2D eigenvalue weighted by Crippen LogP contribution is -2.20. The lowest BCUT2D eigenvalue weighted by Gasteiger charge is -2.18. The Balaban J connectivity index is 1.83. The molecule has 1 aromatic carbocycles. The number of hydrogen-bond donors (Lipinski definition) is 1. The Bertz CT molecular complexity index is 456. The molecule has 0 heterocycles. The highest BCUT2D eigenvalue weighted by molar-refractivity contribution is 9.10. The van der Waals surface area contributed by atoms with Crippen LogP contribution in [0.4, 0.5) is 0 Å². The summed E-state index contributed by atoms with van der Waals surface area (Å²) in [6, 6.07) is 6.39. The van der Waals surface area contributed by atoms with Crippen molar-refractivity contribution in [3.8, 4) is 0 Å². The van der Waals surface area contributed by atoms with Crippen molar-refractivity contribution >= 4 is 27.5 Å². The van der Waals surface area contributed by atoms with Gasteiger partial charge in [-0.2, -0.15) is 0 Å². The normalized spacial score (nSPS) is 17.1. The molecule has 1 unspecified atom stereocenters. The van der Waals surface area contributed by atoms with Gasteiger partial charge in [-0.05, 0) is 63.3 Å². The number of rotatable bonds is 5. The predicted octanol–water partition coefficient (Wildman–Crippen LogP) is 5.64. The van der Waals surface area contributed by atoms with E-state index >= 15 is 0 Å². The van der Waals surface area contributed by atoms with Gasteiger partial charge < -0.3 is 5.32 Å². The lowest BCUT2D eigenvalue weighted by molar-refractivity contribution is 0.562. The van der Waals surface area contributed by atoms with Crippen molar-refractivity contribution in [2.75, 3.05) is 6.54 Å². The van der Waals surface area contributed by atoms with E-state index in [0.717, 1.165) is 16.0 Å². The molecule has 1 aliphatic rings. The van der Waals surface area contributed by atoms with Crippen LogP contribution in [-0.2, 0) is 0 Å². The quantitative estimate of drug-likeness (QED) is 0.682.